The zero-order valence-corrected chi connectivity index (χ0v) is 10.2. The molecule has 7 heteroatoms. The summed E-state index contributed by atoms with van der Waals surface area (Å²) in [5, 5.41) is 18.5. The number of aliphatic hydroxyl groups is 1. The lowest BCUT2D eigenvalue weighted by molar-refractivity contribution is -0.141. The molecular weight excluding hydrogens is 244 g/mol. The average Bonchev–Trinajstić information content (AvgIpc) is 2.72. The van der Waals surface area contributed by atoms with E-state index in [1.807, 2.05) is 0 Å². The van der Waals surface area contributed by atoms with Gasteiger partial charge in [0.25, 0.3) is 0 Å². The van der Waals surface area contributed by atoms with E-state index in [1.54, 1.807) is 16.7 Å². The molecule has 0 aromatic carbocycles. The number of β-amino-alcohol motifs (C(OH)–C–C–N with tert-alkyl or cyclic N) is 1. The number of hydrogen-bond acceptors (Lipinski definition) is 4. The van der Waals surface area contributed by atoms with Gasteiger partial charge in [0.15, 0.2) is 0 Å². The second-order valence-electron chi connectivity index (χ2n) is 4.28. The van der Waals surface area contributed by atoms with Crippen LogP contribution in [0.3, 0.4) is 0 Å². The lowest BCUT2D eigenvalue weighted by Gasteiger charge is -2.32. The summed E-state index contributed by atoms with van der Waals surface area (Å²) < 4.78 is 0. The smallest absolute Gasteiger partial charge is 0.326 e. The lowest BCUT2D eigenvalue weighted by Crippen LogP contribution is -2.50. The summed E-state index contributed by atoms with van der Waals surface area (Å²) in [6.07, 6.45) is -0.594. The molecule has 0 aromatic heterocycles. The van der Waals surface area contributed by atoms with Crippen LogP contribution in [0.25, 0.3) is 0 Å². The normalized spacial score (nSPS) is 29.5. The minimum atomic E-state index is -1.04. The van der Waals surface area contributed by atoms with Crippen LogP contribution in [0.5, 0.6) is 0 Å². The molecule has 6 nitrogen and oxygen atoms in total. The molecule has 2 atom stereocenters. The van der Waals surface area contributed by atoms with Crippen LogP contribution in [0.1, 0.15) is 6.42 Å². The summed E-state index contributed by atoms with van der Waals surface area (Å²) in [6.45, 7) is 1.43. The molecule has 17 heavy (non-hydrogen) atoms. The maximum absolute atomic E-state index is 12.1. The van der Waals surface area contributed by atoms with Gasteiger partial charge in [-0.1, -0.05) is 0 Å². The van der Waals surface area contributed by atoms with Crippen molar-refractivity contribution in [2.24, 2.45) is 0 Å². The van der Waals surface area contributed by atoms with Crippen molar-refractivity contribution in [3.8, 4) is 0 Å². The molecule has 2 rings (SSSR count). The Kier molecular flexibility index (Phi) is 3.78. The van der Waals surface area contributed by atoms with E-state index < -0.39 is 18.1 Å². The second kappa shape index (κ2) is 5.14. The molecule has 0 aromatic rings. The second-order valence-corrected chi connectivity index (χ2v) is 5.50. The van der Waals surface area contributed by atoms with Crippen molar-refractivity contribution in [2.45, 2.75) is 18.6 Å². The van der Waals surface area contributed by atoms with Crippen molar-refractivity contribution in [3.05, 3.63) is 0 Å². The molecule has 0 aliphatic carbocycles. The number of hydrogen-bond donors (Lipinski definition) is 2. The van der Waals surface area contributed by atoms with Gasteiger partial charge in [0.05, 0.1) is 6.10 Å². The van der Waals surface area contributed by atoms with Gasteiger partial charge in [-0.25, -0.2) is 9.59 Å². The van der Waals surface area contributed by atoms with Gasteiger partial charge in [-0.15, -0.1) is 0 Å². The molecule has 1 unspecified atom stereocenters. The Hall–Kier alpha value is -0.950. The van der Waals surface area contributed by atoms with Crippen LogP contribution in [-0.2, 0) is 4.79 Å². The zero-order chi connectivity index (χ0) is 12.4. The van der Waals surface area contributed by atoms with E-state index in [9.17, 15) is 14.7 Å². The standard InChI is InChI=1S/C10H16N2O4S/c13-7-5-8(9(14)15)12(6-7)10(16)11-1-3-17-4-2-11/h7-8,13H,1-6H2,(H,14,15)/t7?,8-/m0/s1. The summed E-state index contributed by atoms with van der Waals surface area (Å²) in [5.74, 6) is 0.737. The number of amides is 2. The van der Waals surface area contributed by atoms with Gasteiger partial charge in [-0.05, 0) is 0 Å². The number of carbonyl (C=O) groups is 2. The molecule has 2 aliphatic rings. The summed E-state index contributed by atoms with van der Waals surface area (Å²) in [4.78, 5) is 26.1. The summed E-state index contributed by atoms with van der Waals surface area (Å²) >= 11 is 1.79. The van der Waals surface area contributed by atoms with E-state index >= 15 is 0 Å². The Balaban J connectivity index is 2.04. The predicted molar refractivity (Wildman–Crippen MR) is 63.0 cm³/mol. The van der Waals surface area contributed by atoms with Crippen LogP contribution < -0.4 is 0 Å². The number of urea groups is 1. The maximum Gasteiger partial charge on any atom is 0.326 e. The minimum absolute atomic E-state index is 0.124. The van der Waals surface area contributed by atoms with E-state index in [0.29, 0.717) is 13.1 Å². The van der Waals surface area contributed by atoms with Crippen molar-refractivity contribution in [2.75, 3.05) is 31.1 Å². The number of likely N-dealkylation sites (tertiary alicyclic amines) is 1. The molecule has 2 saturated heterocycles. The number of carboxylic acids is 1. The van der Waals surface area contributed by atoms with Gasteiger partial charge in [0.1, 0.15) is 6.04 Å². The first-order chi connectivity index (χ1) is 8.09. The van der Waals surface area contributed by atoms with Gasteiger partial charge >= 0.3 is 12.0 Å². The molecule has 0 bridgehead atoms. The van der Waals surface area contributed by atoms with Crippen molar-refractivity contribution >= 4 is 23.8 Å². The number of aliphatic carboxylic acids is 1. The first-order valence-electron chi connectivity index (χ1n) is 5.63. The molecule has 2 N–H and O–H groups in total. The quantitative estimate of drug-likeness (QED) is 0.675. The largest absolute Gasteiger partial charge is 0.480 e. The summed E-state index contributed by atoms with van der Waals surface area (Å²) in [5.41, 5.74) is 0. The Morgan fingerprint density at radius 3 is 2.47 bits per heavy atom. The van der Waals surface area contributed by atoms with Crippen LogP contribution in [0.2, 0.25) is 0 Å². The third kappa shape index (κ3) is 2.66. The van der Waals surface area contributed by atoms with Gasteiger partial charge in [-0.2, -0.15) is 11.8 Å². The molecule has 2 fully saturated rings. The number of nitrogens with zero attached hydrogens (tertiary/aromatic N) is 2. The molecule has 0 saturated carbocycles. The first-order valence-corrected chi connectivity index (χ1v) is 6.79. The third-order valence-corrected chi connectivity index (χ3v) is 4.03. The zero-order valence-electron chi connectivity index (χ0n) is 9.41. The highest BCUT2D eigenvalue weighted by atomic mass is 32.2. The topological polar surface area (TPSA) is 81.1 Å². The van der Waals surface area contributed by atoms with Gasteiger partial charge in [0.2, 0.25) is 0 Å². The average molecular weight is 260 g/mol. The van der Waals surface area contributed by atoms with Crippen LogP contribution in [0, 0.1) is 0 Å². The van der Waals surface area contributed by atoms with Gasteiger partial charge in [0, 0.05) is 37.6 Å². The third-order valence-electron chi connectivity index (χ3n) is 3.09. The number of carboxylic acid groups (broad SMARTS) is 1. The molecule has 2 aliphatic heterocycles. The van der Waals surface area contributed by atoms with E-state index in [4.69, 9.17) is 5.11 Å². The van der Waals surface area contributed by atoms with Gasteiger partial charge in [-0.3, -0.25) is 0 Å². The van der Waals surface area contributed by atoms with Crippen LogP contribution in [0.4, 0.5) is 4.79 Å². The number of aliphatic hydroxyl groups excluding tert-OH is 1. The fourth-order valence-electron chi connectivity index (χ4n) is 2.20. The van der Waals surface area contributed by atoms with E-state index in [-0.39, 0.29) is 19.0 Å². The molecular formula is C10H16N2O4S. The Morgan fingerprint density at radius 2 is 1.88 bits per heavy atom. The summed E-state index contributed by atoms with van der Waals surface area (Å²) in [7, 11) is 0. The Morgan fingerprint density at radius 1 is 1.24 bits per heavy atom. The number of rotatable bonds is 1. The van der Waals surface area contributed by atoms with Crippen LogP contribution in [0.15, 0.2) is 0 Å². The van der Waals surface area contributed by atoms with Crippen molar-refractivity contribution in [3.63, 3.8) is 0 Å². The number of thioether (sulfide) groups is 1. The highest BCUT2D eigenvalue weighted by molar-refractivity contribution is 7.99. The highest BCUT2D eigenvalue weighted by Crippen LogP contribution is 2.21. The fourth-order valence-corrected chi connectivity index (χ4v) is 3.10. The van der Waals surface area contributed by atoms with E-state index in [1.165, 1.54) is 4.90 Å². The minimum Gasteiger partial charge on any atom is -0.480 e. The Bertz CT molecular complexity index is 319. The maximum atomic E-state index is 12.1. The van der Waals surface area contributed by atoms with Crippen LogP contribution in [-0.4, -0.2) is 75.3 Å². The molecule has 0 radical (unpaired) electrons. The molecule has 2 amide bonds. The van der Waals surface area contributed by atoms with Crippen molar-refractivity contribution in [1.82, 2.24) is 9.80 Å². The highest BCUT2D eigenvalue weighted by Gasteiger charge is 2.40. The van der Waals surface area contributed by atoms with Crippen LogP contribution >= 0.6 is 11.8 Å². The number of carbonyl (C=O) groups excluding carboxylic acids is 1. The summed E-state index contributed by atoms with van der Waals surface area (Å²) in [6, 6.07) is -1.14. The predicted octanol–water partition coefficient (Wildman–Crippen LogP) is -0.325. The first kappa shape index (κ1) is 12.5. The van der Waals surface area contributed by atoms with E-state index in [0.717, 1.165) is 11.5 Å². The fraction of sp³-hybridized carbons (Fsp3) is 0.800. The molecule has 96 valence electrons. The SMILES string of the molecule is O=C(O)[C@@H]1CC(O)CN1C(=O)N1CCSCC1. The van der Waals surface area contributed by atoms with Gasteiger partial charge < -0.3 is 20.0 Å². The Labute approximate surface area is 104 Å². The monoisotopic (exact) mass is 260 g/mol. The van der Waals surface area contributed by atoms with E-state index in [2.05, 4.69) is 0 Å². The lowest BCUT2D eigenvalue weighted by atomic mass is 10.2. The van der Waals surface area contributed by atoms with Crippen molar-refractivity contribution < 1.29 is 19.8 Å². The molecule has 2 heterocycles. The molecule has 0 spiro atoms. The van der Waals surface area contributed by atoms with Crippen molar-refractivity contribution in [1.29, 1.82) is 0 Å².